The Morgan fingerprint density at radius 3 is 3.32 bits per heavy atom. The second-order valence-electron chi connectivity index (χ2n) is 5.26. The van der Waals surface area contributed by atoms with Crippen LogP contribution in [0.1, 0.15) is 28.5 Å². The molecule has 3 nitrogen and oxygen atoms in total. The molecule has 1 saturated heterocycles. The Kier molecular flexibility index (Phi) is 4.45. The fraction of sp³-hybridized carbons (Fsp3) is 0.643. The van der Waals surface area contributed by atoms with Gasteiger partial charge in [0.05, 0.1) is 0 Å². The van der Waals surface area contributed by atoms with Crippen LogP contribution in [-0.4, -0.2) is 31.3 Å². The minimum atomic E-state index is 0.0200. The molecule has 3 heterocycles. The van der Waals surface area contributed by atoms with Crippen molar-refractivity contribution in [2.45, 2.75) is 24.5 Å². The molecule has 1 fully saturated rings. The summed E-state index contributed by atoms with van der Waals surface area (Å²) in [4.78, 5) is 13.8. The summed E-state index contributed by atoms with van der Waals surface area (Å²) < 4.78 is 0. The molecule has 0 saturated carbocycles. The maximum Gasteiger partial charge on any atom is 0.237 e. The first-order valence-electron chi connectivity index (χ1n) is 7.01. The zero-order chi connectivity index (χ0) is 13.1. The van der Waals surface area contributed by atoms with Crippen LogP contribution in [0.2, 0.25) is 0 Å². The maximum atomic E-state index is 12.4. The summed E-state index contributed by atoms with van der Waals surface area (Å²) >= 11 is 3.57. The molecule has 0 aliphatic carbocycles. The number of nitrogens with one attached hydrogen (secondary N) is 2. The Hall–Kier alpha value is -0.520. The molecule has 2 aliphatic heterocycles. The van der Waals surface area contributed by atoms with Crippen LogP contribution in [0.3, 0.4) is 0 Å². The lowest BCUT2D eigenvalue weighted by Crippen LogP contribution is -2.39. The van der Waals surface area contributed by atoms with Gasteiger partial charge in [0.2, 0.25) is 5.91 Å². The van der Waals surface area contributed by atoms with Crippen molar-refractivity contribution >= 4 is 29.0 Å². The molecule has 1 aromatic rings. The zero-order valence-electron chi connectivity index (χ0n) is 11.0. The first-order valence-corrected chi connectivity index (χ1v) is 8.94. The van der Waals surface area contributed by atoms with Crippen molar-refractivity contribution < 1.29 is 4.79 Å². The zero-order valence-corrected chi connectivity index (χ0v) is 12.6. The summed E-state index contributed by atoms with van der Waals surface area (Å²) in [6, 6.07) is 2.12. The van der Waals surface area contributed by atoms with Crippen LogP contribution in [0.4, 0.5) is 0 Å². The molecular formula is C14H20N2OS2. The molecule has 0 radical (unpaired) electrons. The fourth-order valence-corrected chi connectivity index (χ4v) is 5.12. The average Bonchev–Trinajstić information content (AvgIpc) is 2.94. The number of rotatable bonds is 3. The summed E-state index contributed by atoms with van der Waals surface area (Å²) in [5, 5.41) is 8.69. The van der Waals surface area contributed by atoms with E-state index >= 15 is 0 Å². The van der Waals surface area contributed by atoms with Crippen LogP contribution in [-0.2, 0) is 11.2 Å². The largest absolute Gasteiger partial charge is 0.355 e. The molecule has 1 aromatic heterocycles. The molecule has 104 valence electrons. The van der Waals surface area contributed by atoms with Gasteiger partial charge in [-0.15, -0.1) is 23.1 Å². The van der Waals surface area contributed by atoms with E-state index in [2.05, 4.69) is 22.1 Å². The third-order valence-electron chi connectivity index (χ3n) is 3.88. The monoisotopic (exact) mass is 296 g/mol. The van der Waals surface area contributed by atoms with Crippen LogP contribution in [0.25, 0.3) is 0 Å². The molecule has 0 bridgehead atoms. The van der Waals surface area contributed by atoms with Crippen molar-refractivity contribution in [1.82, 2.24) is 10.6 Å². The van der Waals surface area contributed by atoms with Crippen molar-refractivity contribution in [1.29, 1.82) is 0 Å². The van der Waals surface area contributed by atoms with E-state index in [0.717, 1.165) is 31.8 Å². The highest BCUT2D eigenvalue weighted by atomic mass is 32.2. The van der Waals surface area contributed by atoms with Crippen LogP contribution < -0.4 is 10.6 Å². The second-order valence-corrected chi connectivity index (χ2v) is 7.47. The molecule has 2 aliphatic rings. The highest BCUT2D eigenvalue weighted by Crippen LogP contribution is 2.39. The van der Waals surface area contributed by atoms with Gasteiger partial charge >= 0.3 is 0 Å². The fourth-order valence-electron chi connectivity index (χ4n) is 2.80. The van der Waals surface area contributed by atoms with Gasteiger partial charge in [-0.05, 0) is 61.0 Å². The predicted octanol–water partition coefficient (Wildman–Crippen LogP) is 2.19. The normalized spacial score (nSPS) is 26.7. The third-order valence-corrected chi connectivity index (χ3v) is 6.12. The highest BCUT2D eigenvalue weighted by Gasteiger charge is 2.28. The smallest absolute Gasteiger partial charge is 0.237 e. The summed E-state index contributed by atoms with van der Waals surface area (Å²) in [7, 11) is 0. The molecule has 0 aromatic carbocycles. The van der Waals surface area contributed by atoms with Gasteiger partial charge in [-0.3, -0.25) is 4.79 Å². The van der Waals surface area contributed by atoms with Gasteiger partial charge in [-0.2, -0.15) is 0 Å². The molecule has 2 N–H and O–H groups in total. The van der Waals surface area contributed by atoms with Crippen molar-refractivity contribution in [3.05, 3.63) is 21.9 Å². The molecule has 3 rings (SSSR count). The number of aryl methyl sites for hydroxylation is 1. The minimum absolute atomic E-state index is 0.0200. The average molecular weight is 296 g/mol. The number of hydrogen-bond acceptors (Lipinski definition) is 4. The van der Waals surface area contributed by atoms with Crippen LogP contribution in [0.15, 0.2) is 11.4 Å². The van der Waals surface area contributed by atoms with Crippen LogP contribution >= 0.6 is 23.1 Å². The van der Waals surface area contributed by atoms with E-state index in [1.165, 1.54) is 23.3 Å². The van der Waals surface area contributed by atoms with Crippen molar-refractivity contribution in [3.63, 3.8) is 0 Å². The Balaban J connectivity index is 1.56. The summed E-state index contributed by atoms with van der Waals surface area (Å²) in [6.45, 7) is 2.99. The minimum Gasteiger partial charge on any atom is -0.355 e. The highest BCUT2D eigenvalue weighted by molar-refractivity contribution is 8.00. The topological polar surface area (TPSA) is 41.1 Å². The first-order chi connectivity index (χ1) is 9.34. The molecule has 1 amide bonds. The van der Waals surface area contributed by atoms with Gasteiger partial charge in [0.1, 0.15) is 5.25 Å². The van der Waals surface area contributed by atoms with E-state index in [0.29, 0.717) is 5.92 Å². The number of thiophene rings is 1. The number of amides is 1. The van der Waals surface area contributed by atoms with Gasteiger partial charge < -0.3 is 10.6 Å². The van der Waals surface area contributed by atoms with E-state index in [-0.39, 0.29) is 11.2 Å². The lowest BCUT2D eigenvalue weighted by atomic mass is 9.99. The molecule has 5 heteroatoms. The van der Waals surface area contributed by atoms with E-state index in [1.54, 1.807) is 23.1 Å². The summed E-state index contributed by atoms with van der Waals surface area (Å²) in [5.74, 6) is 1.87. The van der Waals surface area contributed by atoms with Crippen molar-refractivity contribution in [2.24, 2.45) is 5.92 Å². The van der Waals surface area contributed by atoms with E-state index in [1.807, 2.05) is 0 Å². The Morgan fingerprint density at radius 1 is 1.53 bits per heavy atom. The lowest BCUT2D eigenvalue weighted by Gasteiger charge is -2.25. The summed E-state index contributed by atoms with van der Waals surface area (Å²) in [5.41, 5.74) is 1.25. The van der Waals surface area contributed by atoms with Crippen LogP contribution in [0.5, 0.6) is 0 Å². The SMILES string of the molecule is O=C(NCC1CCCNC1)C1SCCc2sccc21. The summed E-state index contributed by atoms with van der Waals surface area (Å²) in [6.07, 6.45) is 3.58. The number of thioether (sulfide) groups is 1. The van der Waals surface area contributed by atoms with Crippen LogP contribution in [0, 0.1) is 5.92 Å². The van der Waals surface area contributed by atoms with Crippen molar-refractivity contribution in [2.75, 3.05) is 25.4 Å². The van der Waals surface area contributed by atoms with Gasteiger partial charge in [-0.1, -0.05) is 0 Å². The number of hydrogen-bond donors (Lipinski definition) is 2. The molecule has 2 unspecified atom stereocenters. The Morgan fingerprint density at radius 2 is 2.47 bits per heavy atom. The first kappa shape index (κ1) is 13.5. The van der Waals surface area contributed by atoms with E-state index in [4.69, 9.17) is 0 Å². The van der Waals surface area contributed by atoms with E-state index in [9.17, 15) is 4.79 Å². The molecule has 19 heavy (non-hydrogen) atoms. The molecule has 2 atom stereocenters. The predicted molar refractivity (Wildman–Crippen MR) is 81.8 cm³/mol. The quantitative estimate of drug-likeness (QED) is 0.898. The van der Waals surface area contributed by atoms with Gasteiger partial charge in [-0.25, -0.2) is 0 Å². The van der Waals surface area contributed by atoms with Crippen molar-refractivity contribution in [3.8, 4) is 0 Å². The Bertz CT molecular complexity index is 440. The van der Waals surface area contributed by atoms with E-state index < -0.39 is 0 Å². The number of carbonyl (C=O) groups is 1. The molecular weight excluding hydrogens is 276 g/mol. The number of fused-ring (bicyclic) bond motifs is 1. The number of piperidine rings is 1. The van der Waals surface area contributed by atoms with Gasteiger partial charge in [0.25, 0.3) is 0 Å². The lowest BCUT2D eigenvalue weighted by molar-refractivity contribution is -0.120. The number of carbonyl (C=O) groups excluding carboxylic acids is 1. The molecule has 0 spiro atoms. The van der Waals surface area contributed by atoms with Gasteiger partial charge in [0.15, 0.2) is 0 Å². The van der Waals surface area contributed by atoms with Gasteiger partial charge in [0, 0.05) is 11.4 Å². The Labute approximate surface area is 122 Å². The third kappa shape index (κ3) is 3.15. The second kappa shape index (κ2) is 6.29. The standard InChI is InChI=1S/C14H20N2OS2/c17-14(16-9-10-2-1-5-15-8-10)13-11-3-6-18-12(11)4-7-19-13/h3,6,10,13,15H,1-2,4-5,7-9H2,(H,16,17). The maximum absolute atomic E-state index is 12.4.